The smallest absolute Gasteiger partial charge is 0.130 e. The second-order valence-electron chi connectivity index (χ2n) is 8.42. The molecule has 1 aromatic carbocycles. The van der Waals surface area contributed by atoms with Crippen LogP contribution in [0.5, 0.6) is 11.5 Å². The number of ether oxygens (including phenoxy) is 2. The zero-order valence-corrected chi connectivity index (χ0v) is 18.5. The Balaban J connectivity index is 1.24. The molecular weight excluding hydrogens is 390 g/mol. The van der Waals surface area contributed by atoms with E-state index < -0.39 is 0 Å². The van der Waals surface area contributed by atoms with Crippen LogP contribution in [0.3, 0.4) is 0 Å². The van der Waals surface area contributed by atoms with Crippen LogP contribution in [0.1, 0.15) is 54.9 Å². The van der Waals surface area contributed by atoms with Crippen molar-refractivity contribution in [2.24, 2.45) is 0 Å². The lowest BCUT2D eigenvalue weighted by Gasteiger charge is -2.15. The average molecular weight is 422 g/mol. The molecule has 4 rings (SSSR count). The van der Waals surface area contributed by atoms with Gasteiger partial charge >= 0.3 is 0 Å². The van der Waals surface area contributed by atoms with Crippen LogP contribution in [-0.2, 0) is 13.0 Å². The van der Waals surface area contributed by atoms with E-state index in [0.29, 0.717) is 18.4 Å². The van der Waals surface area contributed by atoms with E-state index in [-0.39, 0.29) is 0 Å². The molecule has 164 valence electrons. The van der Waals surface area contributed by atoms with Gasteiger partial charge in [-0.15, -0.1) is 0 Å². The van der Waals surface area contributed by atoms with Crippen LogP contribution in [0.2, 0.25) is 0 Å². The molecule has 1 N–H and O–H groups in total. The molecule has 3 aromatic rings. The van der Waals surface area contributed by atoms with Crippen LogP contribution in [-0.4, -0.2) is 51.9 Å². The zero-order valence-electron chi connectivity index (χ0n) is 18.5. The van der Waals surface area contributed by atoms with Crippen LogP contribution < -0.4 is 9.47 Å². The largest absolute Gasteiger partial charge is 0.497 e. The lowest BCUT2D eigenvalue weighted by Crippen LogP contribution is -2.20. The first-order valence-electron chi connectivity index (χ1n) is 10.9. The third-order valence-corrected chi connectivity index (χ3v) is 5.69. The van der Waals surface area contributed by atoms with Crippen molar-refractivity contribution in [1.29, 1.82) is 0 Å². The summed E-state index contributed by atoms with van der Waals surface area (Å²) >= 11 is 0. The van der Waals surface area contributed by atoms with Crippen LogP contribution >= 0.6 is 0 Å². The summed E-state index contributed by atoms with van der Waals surface area (Å²) in [5, 5.41) is 7.75. The number of aromatic amines is 1. The highest BCUT2D eigenvalue weighted by Gasteiger charge is 2.26. The van der Waals surface area contributed by atoms with E-state index in [0.717, 1.165) is 61.2 Å². The van der Waals surface area contributed by atoms with E-state index in [1.54, 1.807) is 7.11 Å². The van der Waals surface area contributed by atoms with Gasteiger partial charge in [0.25, 0.3) is 0 Å². The maximum Gasteiger partial charge on any atom is 0.130 e. The van der Waals surface area contributed by atoms with Crippen molar-refractivity contribution >= 4 is 0 Å². The molecule has 1 aliphatic rings. The number of nitrogens with zero attached hydrogens (tertiary/aromatic N) is 4. The minimum absolute atomic E-state index is 0.362. The Morgan fingerprint density at radius 3 is 2.58 bits per heavy atom. The van der Waals surface area contributed by atoms with Crippen molar-refractivity contribution < 1.29 is 9.47 Å². The third-order valence-electron chi connectivity index (χ3n) is 5.69. The number of benzene rings is 1. The van der Waals surface area contributed by atoms with Gasteiger partial charge in [0.1, 0.15) is 17.3 Å². The van der Waals surface area contributed by atoms with Crippen molar-refractivity contribution in [3.05, 3.63) is 65.5 Å². The predicted octanol–water partition coefficient (Wildman–Crippen LogP) is 3.94. The van der Waals surface area contributed by atoms with Gasteiger partial charge in [0.2, 0.25) is 0 Å². The summed E-state index contributed by atoms with van der Waals surface area (Å²) in [6.45, 7) is 7.81. The molecule has 0 amide bonds. The lowest BCUT2D eigenvalue weighted by atomic mass is 10.0. The molecular formula is C24H31N5O2. The number of hydrogen-bond acceptors (Lipinski definition) is 6. The second kappa shape index (κ2) is 9.92. The normalized spacial score (nSPS) is 16.7. The molecule has 1 atom stereocenters. The summed E-state index contributed by atoms with van der Waals surface area (Å²) in [5.41, 5.74) is 3.43. The van der Waals surface area contributed by atoms with Gasteiger partial charge in [-0.3, -0.25) is 10.00 Å². The molecule has 1 aliphatic heterocycles. The first-order chi connectivity index (χ1) is 15.1. The molecule has 0 bridgehead atoms. The summed E-state index contributed by atoms with van der Waals surface area (Å²) in [5.74, 6) is 3.40. The summed E-state index contributed by atoms with van der Waals surface area (Å²) in [7, 11) is 1.66. The van der Waals surface area contributed by atoms with Crippen LogP contribution in [0.15, 0.2) is 42.7 Å². The van der Waals surface area contributed by atoms with Crippen molar-refractivity contribution in [2.75, 3.05) is 26.8 Å². The zero-order chi connectivity index (χ0) is 21.6. The topological polar surface area (TPSA) is 76.2 Å². The highest BCUT2D eigenvalue weighted by atomic mass is 16.5. The van der Waals surface area contributed by atoms with Crippen LogP contribution in [0.25, 0.3) is 0 Å². The van der Waals surface area contributed by atoms with Gasteiger partial charge in [-0.1, -0.05) is 13.8 Å². The Bertz CT molecular complexity index is 953. The number of nitrogens with one attached hydrogen (secondary N) is 1. The number of likely N-dealkylation sites (tertiary alicyclic amines) is 1. The monoisotopic (exact) mass is 421 g/mol. The Hall–Kier alpha value is -2.93. The molecule has 0 spiro atoms. The summed E-state index contributed by atoms with van der Waals surface area (Å²) in [6, 6.07) is 9.84. The van der Waals surface area contributed by atoms with E-state index in [2.05, 4.69) is 45.0 Å². The Morgan fingerprint density at radius 1 is 1.13 bits per heavy atom. The van der Waals surface area contributed by atoms with E-state index in [1.165, 1.54) is 5.56 Å². The summed E-state index contributed by atoms with van der Waals surface area (Å²) in [4.78, 5) is 11.4. The Kier molecular flexibility index (Phi) is 6.82. The van der Waals surface area contributed by atoms with Crippen LogP contribution in [0.4, 0.5) is 0 Å². The Labute approximate surface area is 183 Å². The average Bonchev–Trinajstić information content (AvgIpc) is 3.44. The van der Waals surface area contributed by atoms with E-state index in [4.69, 9.17) is 9.47 Å². The van der Waals surface area contributed by atoms with Crippen molar-refractivity contribution in [2.45, 2.75) is 45.1 Å². The molecule has 1 saturated heterocycles. The summed E-state index contributed by atoms with van der Waals surface area (Å²) < 4.78 is 11.0. The molecule has 31 heavy (non-hydrogen) atoms. The number of hydrogen-bond donors (Lipinski definition) is 1. The highest BCUT2D eigenvalue weighted by molar-refractivity contribution is 5.31. The minimum Gasteiger partial charge on any atom is -0.497 e. The van der Waals surface area contributed by atoms with E-state index in [9.17, 15) is 0 Å². The van der Waals surface area contributed by atoms with Crippen LogP contribution in [0, 0.1) is 0 Å². The molecule has 0 aliphatic carbocycles. The quantitative estimate of drug-likeness (QED) is 0.564. The molecule has 7 nitrogen and oxygen atoms in total. The van der Waals surface area contributed by atoms with Crippen molar-refractivity contribution in [3.8, 4) is 11.5 Å². The number of aromatic nitrogens is 4. The minimum atomic E-state index is 0.362. The van der Waals surface area contributed by atoms with Gasteiger partial charge in [0, 0.05) is 55.0 Å². The molecule has 1 fully saturated rings. The standard InChI is InChI=1S/C24H31N5O2/c1-17(2)24-25-13-18(14-26-24)15-29-10-8-19(16-29)23-12-20(27-28-23)9-11-31-22-6-4-21(30-3)5-7-22/h4-7,12-14,17,19H,8-11,15-16H2,1-3H3,(H,27,28)/t19-/m0/s1. The number of methoxy groups -OCH3 is 1. The molecule has 3 heterocycles. The van der Waals surface area contributed by atoms with Gasteiger partial charge < -0.3 is 9.47 Å². The predicted molar refractivity (Wildman–Crippen MR) is 120 cm³/mol. The van der Waals surface area contributed by atoms with Gasteiger partial charge in [-0.25, -0.2) is 9.97 Å². The maximum absolute atomic E-state index is 5.83. The van der Waals surface area contributed by atoms with Crippen molar-refractivity contribution in [3.63, 3.8) is 0 Å². The van der Waals surface area contributed by atoms with Crippen molar-refractivity contribution in [1.82, 2.24) is 25.1 Å². The lowest BCUT2D eigenvalue weighted by molar-refractivity contribution is 0.319. The van der Waals surface area contributed by atoms with Gasteiger partial charge in [0.15, 0.2) is 0 Å². The van der Waals surface area contributed by atoms with E-state index in [1.807, 2.05) is 36.7 Å². The van der Waals surface area contributed by atoms with E-state index >= 15 is 0 Å². The molecule has 0 unspecified atom stereocenters. The van der Waals surface area contributed by atoms with Gasteiger partial charge in [-0.05, 0) is 43.3 Å². The fourth-order valence-electron chi connectivity index (χ4n) is 3.89. The molecule has 7 heteroatoms. The first kappa shape index (κ1) is 21.3. The van der Waals surface area contributed by atoms with Gasteiger partial charge in [0.05, 0.1) is 19.4 Å². The van der Waals surface area contributed by atoms with Gasteiger partial charge in [-0.2, -0.15) is 5.10 Å². The summed E-state index contributed by atoms with van der Waals surface area (Å²) in [6.07, 6.45) is 5.85. The fraction of sp³-hybridized carbons (Fsp3) is 0.458. The second-order valence-corrected chi connectivity index (χ2v) is 8.42. The Morgan fingerprint density at radius 2 is 1.87 bits per heavy atom. The fourth-order valence-corrected chi connectivity index (χ4v) is 3.89. The first-order valence-corrected chi connectivity index (χ1v) is 10.9. The number of rotatable bonds is 9. The SMILES string of the molecule is COc1ccc(OCCc2cc([C@H]3CCN(Cc4cnc(C(C)C)nc4)C3)n[nH]2)cc1. The molecule has 0 saturated carbocycles. The maximum atomic E-state index is 5.83. The molecule has 0 radical (unpaired) electrons. The molecule has 2 aromatic heterocycles. The number of H-pyrrole nitrogens is 1. The highest BCUT2D eigenvalue weighted by Crippen LogP contribution is 2.27. The third kappa shape index (κ3) is 5.61.